The maximum atomic E-state index is 12.6. The van der Waals surface area contributed by atoms with Crippen molar-refractivity contribution in [3.63, 3.8) is 0 Å². The molecule has 136 valence electrons. The number of amides is 2. The molecule has 2 rings (SSSR count). The highest BCUT2D eigenvalue weighted by atomic mass is 35.5. The molecule has 0 saturated carbocycles. The monoisotopic (exact) mass is 370 g/mol. The van der Waals surface area contributed by atoms with Gasteiger partial charge >= 0.3 is 0 Å². The summed E-state index contributed by atoms with van der Waals surface area (Å²) in [5, 5.41) is 3.31. The van der Waals surface area contributed by atoms with Gasteiger partial charge in [0.2, 0.25) is 11.8 Å². The lowest BCUT2D eigenvalue weighted by Gasteiger charge is -2.28. The largest absolute Gasteiger partial charge is 0.341 e. The van der Waals surface area contributed by atoms with Crippen LogP contribution in [0.5, 0.6) is 0 Å². The van der Waals surface area contributed by atoms with Gasteiger partial charge in [0, 0.05) is 18.1 Å². The second-order valence-corrected chi connectivity index (χ2v) is 6.53. The van der Waals surface area contributed by atoms with Gasteiger partial charge in [-0.3, -0.25) is 9.59 Å². The smallest absolute Gasteiger partial charge is 0.245 e. The quantitative estimate of drug-likeness (QED) is 0.779. The summed E-state index contributed by atoms with van der Waals surface area (Å²) in [7, 11) is 1.71. The SMILES string of the molecule is CC(NC(=O)/C=C/c1ccccc1)C(=O)N(C)C(C)c1ccccc1Cl. The highest BCUT2D eigenvalue weighted by Crippen LogP contribution is 2.26. The molecule has 0 aliphatic carbocycles. The number of rotatable bonds is 6. The summed E-state index contributed by atoms with van der Waals surface area (Å²) in [6.07, 6.45) is 3.14. The number of hydrogen-bond acceptors (Lipinski definition) is 2. The Morgan fingerprint density at radius 2 is 1.65 bits per heavy atom. The molecule has 2 aromatic carbocycles. The molecule has 2 aromatic rings. The molecule has 0 aliphatic heterocycles. The van der Waals surface area contributed by atoms with Crippen molar-refractivity contribution < 1.29 is 9.59 Å². The molecule has 2 amide bonds. The number of carbonyl (C=O) groups excluding carboxylic acids is 2. The van der Waals surface area contributed by atoms with E-state index in [0.29, 0.717) is 5.02 Å². The lowest BCUT2D eigenvalue weighted by molar-refractivity contribution is -0.135. The van der Waals surface area contributed by atoms with Crippen LogP contribution in [-0.2, 0) is 9.59 Å². The number of likely N-dealkylation sites (N-methyl/N-ethyl adjacent to an activating group) is 1. The Morgan fingerprint density at radius 1 is 1.04 bits per heavy atom. The van der Waals surface area contributed by atoms with Gasteiger partial charge in [-0.25, -0.2) is 0 Å². The summed E-state index contributed by atoms with van der Waals surface area (Å²) >= 11 is 6.21. The van der Waals surface area contributed by atoms with Crippen LogP contribution in [-0.4, -0.2) is 29.8 Å². The third-order valence-electron chi connectivity index (χ3n) is 4.24. The van der Waals surface area contributed by atoms with E-state index in [1.54, 1.807) is 31.0 Å². The van der Waals surface area contributed by atoms with Gasteiger partial charge in [-0.2, -0.15) is 0 Å². The molecule has 0 bridgehead atoms. The number of nitrogens with one attached hydrogen (secondary N) is 1. The summed E-state index contributed by atoms with van der Waals surface area (Å²) in [6, 6.07) is 16.1. The van der Waals surface area contributed by atoms with Gasteiger partial charge in [0.05, 0.1) is 6.04 Å². The molecule has 0 heterocycles. The predicted molar refractivity (Wildman–Crippen MR) is 106 cm³/mol. The van der Waals surface area contributed by atoms with E-state index in [9.17, 15) is 9.59 Å². The van der Waals surface area contributed by atoms with Gasteiger partial charge < -0.3 is 10.2 Å². The number of benzene rings is 2. The summed E-state index contributed by atoms with van der Waals surface area (Å²) in [4.78, 5) is 26.3. The molecule has 5 heteroatoms. The Bertz CT molecular complexity index is 790. The molecule has 0 spiro atoms. The highest BCUT2D eigenvalue weighted by molar-refractivity contribution is 6.31. The van der Waals surface area contributed by atoms with E-state index < -0.39 is 6.04 Å². The average Bonchev–Trinajstić information content (AvgIpc) is 2.65. The van der Waals surface area contributed by atoms with E-state index in [2.05, 4.69) is 5.32 Å². The normalized spacial score (nSPS) is 13.2. The maximum absolute atomic E-state index is 12.6. The lowest BCUT2D eigenvalue weighted by Crippen LogP contribution is -2.45. The van der Waals surface area contributed by atoms with Gasteiger partial charge in [0.15, 0.2) is 0 Å². The van der Waals surface area contributed by atoms with Crippen molar-refractivity contribution in [2.75, 3.05) is 7.05 Å². The van der Waals surface area contributed by atoms with Gasteiger partial charge in [0.25, 0.3) is 0 Å². The summed E-state index contributed by atoms with van der Waals surface area (Å²) in [5.74, 6) is -0.493. The Balaban J connectivity index is 1.96. The third kappa shape index (κ3) is 5.20. The third-order valence-corrected chi connectivity index (χ3v) is 4.58. The van der Waals surface area contributed by atoms with Crippen molar-refractivity contribution in [1.29, 1.82) is 0 Å². The highest BCUT2D eigenvalue weighted by Gasteiger charge is 2.24. The molecule has 26 heavy (non-hydrogen) atoms. The van der Waals surface area contributed by atoms with Crippen LogP contribution in [0.3, 0.4) is 0 Å². The fourth-order valence-corrected chi connectivity index (χ4v) is 2.87. The van der Waals surface area contributed by atoms with Crippen LogP contribution >= 0.6 is 11.6 Å². The molecule has 0 radical (unpaired) electrons. The lowest BCUT2D eigenvalue weighted by atomic mass is 10.1. The predicted octanol–water partition coefficient (Wildman–Crippen LogP) is 4.08. The topological polar surface area (TPSA) is 49.4 Å². The second kappa shape index (κ2) is 9.20. The molecular formula is C21H23ClN2O2. The van der Waals surface area contributed by atoms with Crippen LogP contribution in [0.15, 0.2) is 60.7 Å². The fraction of sp³-hybridized carbons (Fsp3) is 0.238. The van der Waals surface area contributed by atoms with Crippen molar-refractivity contribution in [2.24, 2.45) is 0 Å². The number of nitrogens with zero attached hydrogens (tertiary/aromatic N) is 1. The van der Waals surface area contributed by atoms with Crippen LogP contribution in [0.1, 0.15) is 31.0 Å². The van der Waals surface area contributed by atoms with Crippen molar-refractivity contribution in [1.82, 2.24) is 10.2 Å². The standard InChI is InChI=1S/C21H23ClN2O2/c1-15(23-20(25)14-13-17-9-5-4-6-10-17)21(26)24(3)16(2)18-11-7-8-12-19(18)22/h4-16H,1-3H3,(H,23,25)/b14-13+. The molecule has 2 atom stereocenters. The summed E-state index contributed by atoms with van der Waals surface area (Å²) in [5.41, 5.74) is 1.79. The minimum Gasteiger partial charge on any atom is -0.341 e. The second-order valence-electron chi connectivity index (χ2n) is 6.12. The molecule has 0 saturated heterocycles. The van der Waals surface area contributed by atoms with Crippen molar-refractivity contribution in [3.8, 4) is 0 Å². The van der Waals surface area contributed by atoms with Crippen LogP contribution < -0.4 is 5.32 Å². The van der Waals surface area contributed by atoms with Gasteiger partial charge in [-0.15, -0.1) is 0 Å². The minimum atomic E-state index is -0.641. The Kier molecular flexibility index (Phi) is 6.98. The summed E-state index contributed by atoms with van der Waals surface area (Å²) in [6.45, 7) is 3.58. The van der Waals surface area contributed by atoms with Crippen LogP contribution in [0, 0.1) is 0 Å². The molecule has 2 unspecified atom stereocenters. The Labute approximate surface area is 159 Å². The fourth-order valence-electron chi connectivity index (χ4n) is 2.58. The molecule has 0 aliphatic rings. The van der Waals surface area contributed by atoms with E-state index in [1.165, 1.54) is 6.08 Å². The van der Waals surface area contributed by atoms with E-state index in [1.807, 2.05) is 55.5 Å². The first kappa shape index (κ1) is 19.7. The average molecular weight is 371 g/mol. The Hall–Kier alpha value is -2.59. The van der Waals surface area contributed by atoms with Gasteiger partial charge in [-0.1, -0.05) is 60.1 Å². The molecule has 0 fully saturated rings. The zero-order valence-electron chi connectivity index (χ0n) is 15.1. The van der Waals surface area contributed by atoms with Gasteiger partial charge in [0.1, 0.15) is 6.04 Å². The first-order valence-corrected chi connectivity index (χ1v) is 8.82. The van der Waals surface area contributed by atoms with E-state index >= 15 is 0 Å². The molecule has 0 aromatic heterocycles. The number of halogens is 1. The maximum Gasteiger partial charge on any atom is 0.245 e. The van der Waals surface area contributed by atoms with Crippen LogP contribution in [0.4, 0.5) is 0 Å². The van der Waals surface area contributed by atoms with Crippen LogP contribution in [0.25, 0.3) is 6.08 Å². The molecule has 1 N–H and O–H groups in total. The molecular weight excluding hydrogens is 348 g/mol. The van der Waals surface area contributed by atoms with E-state index in [0.717, 1.165) is 11.1 Å². The molecule has 4 nitrogen and oxygen atoms in total. The first-order valence-electron chi connectivity index (χ1n) is 8.45. The van der Waals surface area contributed by atoms with E-state index in [4.69, 9.17) is 11.6 Å². The van der Waals surface area contributed by atoms with Gasteiger partial charge in [-0.05, 0) is 37.1 Å². The summed E-state index contributed by atoms with van der Waals surface area (Å²) < 4.78 is 0. The van der Waals surface area contributed by atoms with E-state index in [-0.39, 0.29) is 17.9 Å². The minimum absolute atomic E-state index is 0.182. The van der Waals surface area contributed by atoms with Crippen molar-refractivity contribution in [2.45, 2.75) is 25.9 Å². The zero-order chi connectivity index (χ0) is 19.1. The number of hydrogen-bond donors (Lipinski definition) is 1. The van der Waals surface area contributed by atoms with Crippen LogP contribution in [0.2, 0.25) is 5.02 Å². The number of carbonyl (C=O) groups is 2. The Morgan fingerprint density at radius 3 is 2.31 bits per heavy atom. The van der Waals surface area contributed by atoms with Crippen molar-refractivity contribution >= 4 is 29.5 Å². The zero-order valence-corrected chi connectivity index (χ0v) is 15.9. The van der Waals surface area contributed by atoms with Crippen molar-refractivity contribution in [3.05, 3.63) is 76.8 Å². The first-order chi connectivity index (χ1) is 12.4.